The van der Waals surface area contributed by atoms with Gasteiger partial charge < -0.3 is 15.1 Å². The van der Waals surface area contributed by atoms with Gasteiger partial charge in [-0.15, -0.1) is 0 Å². The molecule has 1 aliphatic heterocycles. The first-order valence-electron chi connectivity index (χ1n) is 12.9. The molecule has 0 radical (unpaired) electrons. The van der Waals surface area contributed by atoms with E-state index in [0.29, 0.717) is 47.9 Å². The normalized spacial score (nSPS) is 22.1. The number of rotatable bonds is 11. The van der Waals surface area contributed by atoms with Crippen LogP contribution in [-0.2, 0) is 22.6 Å². The fraction of sp³-hybridized carbons (Fsp3) is 0.760. The number of nitrogens with one attached hydrogen (secondary N) is 1. The Balaban J connectivity index is 1.48. The molecule has 194 valence electrons. The number of aromatic nitrogens is 2. The maximum absolute atomic E-state index is 15.7. The minimum Gasteiger partial charge on any atom is -0.352 e. The number of nitrogens with zero attached hydrogens (tertiary/aromatic N) is 5. The van der Waals surface area contributed by atoms with Crippen molar-refractivity contribution in [3.63, 3.8) is 0 Å². The molecule has 1 unspecified atom stereocenters. The lowest BCUT2D eigenvalue weighted by atomic mass is 9.92. The molecule has 2 amide bonds. The van der Waals surface area contributed by atoms with Crippen molar-refractivity contribution in [3.8, 4) is 0 Å². The second-order valence-corrected chi connectivity index (χ2v) is 10.8. The Bertz CT molecular complexity index is 919. The molecule has 3 fully saturated rings. The van der Waals surface area contributed by atoms with Crippen molar-refractivity contribution in [1.29, 1.82) is 0 Å². The molecule has 2 atom stereocenters. The lowest BCUT2D eigenvalue weighted by Gasteiger charge is -2.24. The quantitative estimate of drug-likeness (QED) is 0.279. The van der Waals surface area contributed by atoms with Gasteiger partial charge in [0.25, 0.3) is 0 Å². The maximum atomic E-state index is 15.7. The van der Waals surface area contributed by atoms with E-state index in [4.69, 9.17) is 0 Å². The number of hydrogen-bond donors (Lipinski definition) is 2. The van der Waals surface area contributed by atoms with E-state index in [1.165, 1.54) is 0 Å². The first-order valence-corrected chi connectivity index (χ1v) is 12.9. The third-order valence-corrected chi connectivity index (χ3v) is 8.11. The number of carbonyl (C=O) groups is 2. The highest BCUT2D eigenvalue weighted by molar-refractivity contribution is 5.79. The lowest BCUT2D eigenvalue weighted by molar-refractivity contribution is -0.155. The van der Waals surface area contributed by atoms with Crippen LogP contribution in [0.25, 0.3) is 0 Å². The summed E-state index contributed by atoms with van der Waals surface area (Å²) in [6, 6.07) is 0.362. The first-order chi connectivity index (χ1) is 16.8. The Morgan fingerprint density at radius 2 is 2.03 bits per heavy atom. The smallest absolute Gasteiger partial charge is 0.233 e. The monoisotopic (exact) mass is 490 g/mol. The number of aryl methyl sites for hydroxylation is 1. The van der Waals surface area contributed by atoms with Gasteiger partial charge in [0, 0.05) is 31.0 Å². The van der Waals surface area contributed by atoms with Gasteiger partial charge >= 0.3 is 0 Å². The molecule has 10 heteroatoms. The van der Waals surface area contributed by atoms with Gasteiger partial charge in [0.1, 0.15) is 11.5 Å². The molecule has 35 heavy (non-hydrogen) atoms. The molecule has 2 N–H and O–H groups in total. The van der Waals surface area contributed by atoms with Crippen LogP contribution in [0.15, 0.2) is 0 Å². The van der Waals surface area contributed by atoms with Crippen LogP contribution in [0.5, 0.6) is 0 Å². The summed E-state index contributed by atoms with van der Waals surface area (Å²) in [5.74, 6) is -0.0784. The summed E-state index contributed by atoms with van der Waals surface area (Å²) in [6.07, 6.45) is 8.12. The summed E-state index contributed by atoms with van der Waals surface area (Å²) in [4.78, 5) is 37.2. The van der Waals surface area contributed by atoms with Gasteiger partial charge in [-0.1, -0.05) is 32.6 Å². The number of carbonyl (C=O) groups excluding carboxylic acids is 2. The molecule has 0 aromatic carbocycles. The fourth-order valence-electron chi connectivity index (χ4n) is 5.99. The van der Waals surface area contributed by atoms with Crippen LogP contribution in [0.1, 0.15) is 63.4 Å². The van der Waals surface area contributed by atoms with Crippen molar-refractivity contribution in [2.45, 2.75) is 70.9 Å². The molecular weight excluding hydrogens is 451 g/mol. The molecule has 4 rings (SSSR count). The SMILES string of the molecule is CCc1nc(CNC(=O)[C@H](CC2CCCC2)CN(O)C=O)c(F)c(N2CC(N(C)C)C3(CC3)C2)n1. The molecule has 3 aliphatic rings. The van der Waals surface area contributed by atoms with Gasteiger partial charge in [-0.25, -0.2) is 19.4 Å². The molecule has 2 saturated carbocycles. The highest BCUT2D eigenvalue weighted by atomic mass is 19.1. The largest absolute Gasteiger partial charge is 0.352 e. The zero-order valence-electron chi connectivity index (χ0n) is 21.2. The minimum absolute atomic E-state index is 0.0586. The molecule has 1 aromatic rings. The van der Waals surface area contributed by atoms with Crippen LogP contribution in [0, 0.1) is 23.1 Å². The molecule has 9 nitrogen and oxygen atoms in total. The zero-order chi connectivity index (χ0) is 25.2. The predicted molar refractivity (Wildman–Crippen MR) is 129 cm³/mol. The second-order valence-electron chi connectivity index (χ2n) is 10.8. The summed E-state index contributed by atoms with van der Waals surface area (Å²) in [7, 11) is 4.15. The van der Waals surface area contributed by atoms with Crippen LogP contribution in [0.4, 0.5) is 10.2 Å². The van der Waals surface area contributed by atoms with Crippen LogP contribution >= 0.6 is 0 Å². The van der Waals surface area contributed by atoms with Crippen LogP contribution in [0.3, 0.4) is 0 Å². The Morgan fingerprint density at radius 3 is 2.60 bits per heavy atom. The molecule has 1 spiro atoms. The van der Waals surface area contributed by atoms with Gasteiger partial charge in [-0.2, -0.15) is 0 Å². The Hall–Kier alpha value is -2.33. The van der Waals surface area contributed by atoms with Crippen LogP contribution < -0.4 is 10.2 Å². The highest BCUT2D eigenvalue weighted by Crippen LogP contribution is 2.54. The number of hydroxylamine groups is 2. The van der Waals surface area contributed by atoms with Crippen LogP contribution in [-0.4, -0.2) is 77.2 Å². The van der Waals surface area contributed by atoms with E-state index < -0.39 is 11.7 Å². The third kappa shape index (κ3) is 5.74. The molecule has 2 heterocycles. The second kappa shape index (κ2) is 10.7. The highest BCUT2D eigenvalue weighted by Gasteiger charge is 2.56. The number of anilines is 1. The Kier molecular flexibility index (Phi) is 7.90. The topological polar surface area (TPSA) is 102 Å². The molecular formula is C25H39FN6O3. The Labute approximate surface area is 207 Å². The number of amides is 2. The van der Waals surface area contributed by atoms with Gasteiger partial charge in [-0.05, 0) is 39.3 Å². The molecule has 1 aromatic heterocycles. The van der Waals surface area contributed by atoms with E-state index in [1.54, 1.807) is 0 Å². The standard InChI is InChI=1S/C25H39FN6O3/c1-4-21-28-19(12-27-24(34)18(13-32(35)16-33)11-17-7-5-6-8-17)22(26)23(29-21)31-14-20(30(2)3)25(15-31)9-10-25/h16-18,20,35H,4-15H2,1-3H3,(H,27,34)/t18-,20?/m1/s1. The molecule has 1 saturated heterocycles. The summed E-state index contributed by atoms with van der Waals surface area (Å²) < 4.78 is 15.7. The van der Waals surface area contributed by atoms with E-state index in [9.17, 15) is 14.8 Å². The van der Waals surface area contributed by atoms with E-state index in [1.807, 2.05) is 11.8 Å². The van der Waals surface area contributed by atoms with Crippen molar-refractivity contribution in [2.24, 2.45) is 17.3 Å². The number of halogens is 1. The van der Waals surface area contributed by atoms with Crippen molar-refractivity contribution in [1.82, 2.24) is 25.2 Å². The van der Waals surface area contributed by atoms with E-state index in [2.05, 4.69) is 34.3 Å². The number of hydrogen-bond acceptors (Lipinski definition) is 7. The maximum Gasteiger partial charge on any atom is 0.233 e. The van der Waals surface area contributed by atoms with Crippen molar-refractivity contribution in [2.75, 3.05) is 38.6 Å². The average Bonchev–Trinajstić information content (AvgIpc) is 3.24. The van der Waals surface area contributed by atoms with Crippen molar-refractivity contribution in [3.05, 3.63) is 17.3 Å². The van der Waals surface area contributed by atoms with Crippen molar-refractivity contribution < 1.29 is 19.2 Å². The number of likely N-dealkylation sites (N-methyl/N-ethyl adjacent to an activating group) is 1. The fourth-order valence-corrected chi connectivity index (χ4v) is 5.99. The van der Waals surface area contributed by atoms with E-state index >= 15 is 4.39 Å². The minimum atomic E-state index is -0.558. The van der Waals surface area contributed by atoms with Gasteiger partial charge in [-0.3, -0.25) is 14.8 Å². The van der Waals surface area contributed by atoms with Gasteiger partial charge in [0.15, 0.2) is 11.6 Å². The van der Waals surface area contributed by atoms with Gasteiger partial charge in [0.2, 0.25) is 12.3 Å². The summed E-state index contributed by atoms with van der Waals surface area (Å²) >= 11 is 0. The summed E-state index contributed by atoms with van der Waals surface area (Å²) in [5, 5.41) is 13.0. The zero-order valence-corrected chi connectivity index (χ0v) is 21.2. The predicted octanol–water partition coefficient (Wildman–Crippen LogP) is 2.37. The Morgan fingerprint density at radius 1 is 1.31 bits per heavy atom. The van der Waals surface area contributed by atoms with E-state index in [-0.39, 0.29) is 30.1 Å². The average molecular weight is 491 g/mol. The van der Waals surface area contributed by atoms with Crippen molar-refractivity contribution >= 4 is 18.1 Å². The molecule has 2 aliphatic carbocycles. The first kappa shape index (κ1) is 25.8. The van der Waals surface area contributed by atoms with Gasteiger partial charge in [0.05, 0.1) is 19.0 Å². The third-order valence-electron chi connectivity index (χ3n) is 8.11. The van der Waals surface area contributed by atoms with E-state index in [0.717, 1.165) is 51.6 Å². The molecule has 0 bridgehead atoms. The summed E-state index contributed by atoms with van der Waals surface area (Å²) in [6.45, 7) is 3.29. The van der Waals surface area contributed by atoms with Crippen LogP contribution in [0.2, 0.25) is 0 Å². The summed E-state index contributed by atoms with van der Waals surface area (Å²) in [5.41, 5.74) is 0.387. The lowest BCUT2D eigenvalue weighted by Crippen LogP contribution is -2.38.